The zero-order chi connectivity index (χ0) is 9.52. The van der Waals surface area contributed by atoms with Gasteiger partial charge >= 0.3 is 0 Å². The summed E-state index contributed by atoms with van der Waals surface area (Å²) in [6, 6.07) is 0. The molecule has 2 atom stereocenters. The van der Waals surface area contributed by atoms with Gasteiger partial charge in [-0.1, -0.05) is 48.0 Å². The summed E-state index contributed by atoms with van der Waals surface area (Å²) >= 11 is 0. The first-order valence-electron chi connectivity index (χ1n) is 5.45. The van der Waals surface area contributed by atoms with Crippen molar-refractivity contribution in [3.63, 3.8) is 0 Å². The summed E-state index contributed by atoms with van der Waals surface area (Å²) in [6.07, 6.45) is 1.35. The first-order chi connectivity index (χ1) is 5.45. The van der Waals surface area contributed by atoms with Gasteiger partial charge in [0.2, 0.25) is 0 Å². The molecule has 0 bridgehead atoms. The third-order valence-corrected chi connectivity index (χ3v) is 4.77. The average Bonchev–Trinajstić information content (AvgIpc) is 2.02. The van der Waals surface area contributed by atoms with Gasteiger partial charge in [-0.25, -0.2) is 0 Å². The van der Waals surface area contributed by atoms with Crippen LogP contribution in [0.15, 0.2) is 0 Å². The summed E-state index contributed by atoms with van der Waals surface area (Å²) in [5, 5.41) is 0. The summed E-state index contributed by atoms with van der Waals surface area (Å²) in [4.78, 5) is 0. The molecule has 1 fully saturated rings. The van der Waals surface area contributed by atoms with E-state index < -0.39 is 0 Å². The summed E-state index contributed by atoms with van der Waals surface area (Å²) in [6.45, 7) is 14.4. The molecule has 0 saturated heterocycles. The fourth-order valence-corrected chi connectivity index (χ4v) is 3.41. The van der Waals surface area contributed by atoms with E-state index in [0.717, 1.165) is 23.7 Å². The summed E-state index contributed by atoms with van der Waals surface area (Å²) in [5.41, 5.74) is 0.634. The quantitative estimate of drug-likeness (QED) is 0.585. The van der Waals surface area contributed by atoms with E-state index >= 15 is 0 Å². The minimum atomic E-state index is 0.634. The molecule has 0 nitrogen and oxygen atoms in total. The van der Waals surface area contributed by atoms with Crippen LogP contribution in [0.4, 0.5) is 0 Å². The van der Waals surface area contributed by atoms with E-state index in [1.165, 1.54) is 6.42 Å². The van der Waals surface area contributed by atoms with Crippen LogP contribution in [0.25, 0.3) is 0 Å². The molecule has 2 unspecified atom stereocenters. The Bertz CT molecular complexity index is 147. The highest BCUT2D eigenvalue weighted by atomic mass is 14.6. The van der Waals surface area contributed by atoms with Crippen LogP contribution in [0.2, 0.25) is 0 Å². The molecule has 1 saturated carbocycles. The van der Waals surface area contributed by atoms with E-state index in [1.807, 2.05) is 0 Å². The molecule has 0 aromatic carbocycles. The van der Waals surface area contributed by atoms with Crippen molar-refractivity contribution in [3.05, 3.63) is 0 Å². The van der Waals surface area contributed by atoms with Crippen molar-refractivity contribution in [1.29, 1.82) is 0 Å². The maximum Gasteiger partial charge on any atom is -0.0271 e. The van der Waals surface area contributed by atoms with Gasteiger partial charge in [-0.05, 0) is 29.1 Å². The minimum absolute atomic E-state index is 0.634. The molecular weight excluding hydrogens is 144 g/mol. The van der Waals surface area contributed by atoms with E-state index in [4.69, 9.17) is 0 Å². The van der Waals surface area contributed by atoms with E-state index in [1.54, 1.807) is 0 Å². The average molecular weight is 168 g/mol. The fraction of sp³-hybridized carbons (Fsp3) is 1.00. The Morgan fingerprint density at radius 3 is 1.83 bits per heavy atom. The molecule has 0 N–H and O–H groups in total. The van der Waals surface area contributed by atoms with Crippen LogP contribution in [-0.2, 0) is 0 Å². The topological polar surface area (TPSA) is 0 Å². The zero-order valence-electron chi connectivity index (χ0n) is 9.52. The van der Waals surface area contributed by atoms with Crippen LogP contribution >= 0.6 is 0 Å². The lowest BCUT2D eigenvalue weighted by Gasteiger charge is -2.60. The second-order valence-electron chi connectivity index (χ2n) is 5.26. The van der Waals surface area contributed by atoms with Crippen LogP contribution in [-0.4, -0.2) is 0 Å². The Hall–Kier alpha value is 0. The lowest BCUT2D eigenvalue weighted by atomic mass is 9.45. The number of rotatable bonds is 2. The van der Waals surface area contributed by atoms with E-state index in [0.29, 0.717) is 5.41 Å². The van der Waals surface area contributed by atoms with Crippen molar-refractivity contribution in [3.8, 4) is 0 Å². The maximum absolute atomic E-state index is 2.46. The first-order valence-corrected chi connectivity index (χ1v) is 5.45. The highest BCUT2D eigenvalue weighted by Crippen LogP contribution is 2.59. The summed E-state index contributed by atoms with van der Waals surface area (Å²) in [5.74, 6) is 3.69. The van der Waals surface area contributed by atoms with Gasteiger partial charge in [-0.2, -0.15) is 0 Å². The predicted octanol–water partition coefficient (Wildman–Crippen LogP) is 3.96. The van der Waals surface area contributed by atoms with Gasteiger partial charge in [0.15, 0.2) is 0 Å². The van der Waals surface area contributed by atoms with Gasteiger partial charge in [0.1, 0.15) is 0 Å². The Labute approximate surface area is 77.7 Å². The van der Waals surface area contributed by atoms with Crippen molar-refractivity contribution >= 4 is 0 Å². The Kier molecular flexibility index (Phi) is 2.56. The van der Waals surface area contributed by atoms with Gasteiger partial charge in [0.05, 0.1) is 0 Å². The van der Waals surface area contributed by atoms with E-state index in [2.05, 4.69) is 41.5 Å². The Morgan fingerprint density at radius 2 is 1.58 bits per heavy atom. The maximum atomic E-state index is 2.46. The van der Waals surface area contributed by atoms with Crippen LogP contribution in [0.3, 0.4) is 0 Å². The van der Waals surface area contributed by atoms with Crippen molar-refractivity contribution in [2.75, 3.05) is 0 Å². The van der Waals surface area contributed by atoms with E-state index in [9.17, 15) is 0 Å². The molecule has 1 aliphatic rings. The second-order valence-corrected chi connectivity index (χ2v) is 5.26. The highest BCUT2D eigenvalue weighted by Gasteiger charge is 2.53. The number of hydrogen-bond donors (Lipinski definition) is 0. The largest absolute Gasteiger partial charge is 0.0648 e. The number of hydrogen-bond acceptors (Lipinski definition) is 0. The van der Waals surface area contributed by atoms with Crippen LogP contribution in [0.5, 0.6) is 0 Å². The third kappa shape index (κ3) is 1.11. The molecular formula is C12H24. The normalized spacial score (nSPS) is 47.8. The van der Waals surface area contributed by atoms with Crippen molar-refractivity contribution < 1.29 is 0 Å². The van der Waals surface area contributed by atoms with Gasteiger partial charge in [-0.15, -0.1) is 0 Å². The van der Waals surface area contributed by atoms with Crippen molar-refractivity contribution in [2.24, 2.45) is 29.1 Å². The van der Waals surface area contributed by atoms with Gasteiger partial charge in [-0.3, -0.25) is 0 Å². The zero-order valence-corrected chi connectivity index (χ0v) is 9.52. The smallest absolute Gasteiger partial charge is 0.0271 e. The molecule has 1 aliphatic carbocycles. The molecule has 0 aromatic heterocycles. The Morgan fingerprint density at radius 1 is 1.17 bits per heavy atom. The van der Waals surface area contributed by atoms with Crippen LogP contribution in [0, 0.1) is 29.1 Å². The lowest BCUT2D eigenvalue weighted by molar-refractivity contribution is -0.115. The fourth-order valence-electron chi connectivity index (χ4n) is 3.41. The molecule has 0 heterocycles. The molecule has 0 heteroatoms. The molecule has 0 aromatic rings. The second kappa shape index (κ2) is 3.05. The molecule has 0 radical (unpaired) electrons. The molecule has 12 heavy (non-hydrogen) atoms. The van der Waals surface area contributed by atoms with Gasteiger partial charge < -0.3 is 0 Å². The third-order valence-electron chi connectivity index (χ3n) is 4.77. The summed E-state index contributed by atoms with van der Waals surface area (Å²) in [7, 11) is 0. The predicted molar refractivity (Wildman–Crippen MR) is 55.1 cm³/mol. The molecule has 0 amide bonds. The van der Waals surface area contributed by atoms with Crippen molar-refractivity contribution in [1.82, 2.24) is 0 Å². The standard InChI is InChI=1S/C12H24/c1-7-12(6)9(4)11(8(2)3)10(12)5/h8-11H,7H2,1-6H3. The highest BCUT2D eigenvalue weighted by molar-refractivity contribution is 5.01. The van der Waals surface area contributed by atoms with Gasteiger partial charge in [0, 0.05) is 0 Å². The SMILES string of the molecule is CCC1(C)C(C)C(C(C)C)C1C. The van der Waals surface area contributed by atoms with Crippen LogP contribution < -0.4 is 0 Å². The van der Waals surface area contributed by atoms with Crippen LogP contribution in [0.1, 0.15) is 48.0 Å². The van der Waals surface area contributed by atoms with E-state index in [-0.39, 0.29) is 0 Å². The minimum Gasteiger partial charge on any atom is -0.0648 e. The molecule has 1 rings (SSSR count). The monoisotopic (exact) mass is 168 g/mol. The molecule has 0 spiro atoms. The Balaban J connectivity index is 2.68. The lowest BCUT2D eigenvalue weighted by Crippen LogP contribution is -2.54. The molecule has 72 valence electrons. The van der Waals surface area contributed by atoms with Gasteiger partial charge in [0.25, 0.3) is 0 Å². The van der Waals surface area contributed by atoms with Crippen molar-refractivity contribution in [2.45, 2.75) is 48.0 Å². The molecule has 0 aliphatic heterocycles. The summed E-state index contributed by atoms with van der Waals surface area (Å²) < 4.78 is 0. The first kappa shape index (κ1) is 10.1.